The molecule has 0 radical (unpaired) electrons. The quantitative estimate of drug-likeness (QED) is 0.0195. The Kier molecular flexibility index (Phi) is 46.6. The van der Waals surface area contributed by atoms with Crippen LogP contribution in [0.1, 0.15) is 277 Å². The lowest BCUT2D eigenvalue weighted by atomic mass is 9.99. The number of amides is 1. The number of carbonyl (C=O) groups excluding carboxylic acids is 2. The Bertz CT molecular complexity index is 1220. The maximum atomic E-state index is 13.0. The van der Waals surface area contributed by atoms with Crippen molar-refractivity contribution in [3.05, 3.63) is 24.3 Å². The number of esters is 1. The van der Waals surface area contributed by atoms with Crippen molar-refractivity contribution in [3.63, 3.8) is 0 Å². The average Bonchev–Trinajstić information content (AvgIpc) is 3.36. The molecule has 1 fully saturated rings. The van der Waals surface area contributed by atoms with Crippen LogP contribution in [0.15, 0.2) is 24.3 Å². The molecule has 0 aromatic carbocycles. The summed E-state index contributed by atoms with van der Waals surface area (Å²) in [6.07, 6.45) is 48.5. The standard InChI is InChI=1S/C59H111NO10/c1-3-5-7-9-11-13-14-15-20-24-27-31-35-39-43-47-55(64)68-48-44-40-36-32-28-25-22-19-17-16-18-21-23-26-30-34-38-42-46-54(63)60-51(52(62)45-41-37-33-29-12-10-8-6-4-2)50-69-59-58(67)57(66)56(65)53(49-61)70-59/h15,20,41,45,51-53,56-59,61-62,65-67H,3-14,16-19,21-40,42-44,46-50H2,1-2H3,(H,60,63)/b20-15-,45-41+. The maximum Gasteiger partial charge on any atom is 0.305 e. The molecule has 412 valence electrons. The minimum absolute atomic E-state index is 0.0164. The summed E-state index contributed by atoms with van der Waals surface area (Å²) >= 11 is 0. The molecule has 0 aromatic heterocycles. The predicted octanol–water partition coefficient (Wildman–Crippen LogP) is 13.3. The Morgan fingerprint density at radius 2 is 0.914 bits per heavy atom. The molecule has 6 N–H and O–H groups in total. The van der Waals surface area contributed by atoms with Crippen LogP contribution in [-0.2, 0) is 23.8 Å². The van der Waals surface area contributed by atoms with Gasteiger partial charge in [-0.2, -0.15) is 0 Å². The molecule has 70 heavy (non-hydrogen) atoms. The zero-order valence-electron chi connectivity index (χ0n) is 45.2. The van der Waals surface area contributed by atoms with E-state index in [2.05, 4.69) is 31.3 Å². The van der Waals surface area contributed by atoms with Gasteiger partial charge in [0.05, 0.1) is 32.0 Å². The highest BCUT2D eigenvalue weighted by Gasteiger charge is 2.44. The number of aliphatic hydroxyl groups excluding tert-OH is 5. The molecule has 0 spiro atoms. The van der Waals surface area contributed by atoms with Crippen molar-refractivity contribution in [2.24, 2.45) is 0 Å². The van der Waals surface area contributed by atoms with Gasteiger partial charge in [-0.25, -0.2) is 0 Å². The number of hydrogen-bond donors (Lipinski definition) is 6. The third-order valence-electron chi connectivity index (χ3n) is 14.1. The number of nitrogens with one attached hydrogen (secondary N) is 1. The van der Waals surface area contributed by atoms with E-state index >= 15 is 0 Å². The molecule has 1 heterocycles. The lowest BCUT2D eigenvalue weighted by Crippen LogP contribution is -2.60. The number of aliphatic hydroxyl groups is 5. The van der Waals surface area contributed by atoms with Gasteiger partial charge in [-0.15, -0.1) is 0 Å². The van der Waals surface area contributed by atoms with Crippen molar-refractivity contribution in [1.82, 2.24) is 5.32 Å². The monoisotopic (exact) mass is 994 g/mol. The third-order valence-corrected chi connectivity index (χ3v) is 14.1. The molecule has 0 aliphatic carbocycles. The number of ether oxygens (including phenoxy) is 3. The second-order valence-electron chi connectivity index (χ2n) is 20.7. The Balaban J connectivity index is 2.02. The van der Waals surface area contributed by atoms with Gasteiger partial charge in [0, 0.05) is 12.8 Å². The number of carbonyl (C=O) groups is 2. The van der Waals surface area contributed by atoms with E-state index in [1.54, 1.807) is 6.08 Å². The topological polar surface area (TPSA) is 175 Å². The first kappa shape index (κ1) is 66.2. The van der Waals surface area contributed by atoms with Crippen molar-refractivity contribution < 1.29 is 49.3 Å². The summed E-state index contributed by atoms with van der Waals surface area (Å²) in [4.78, 5) is 25.1. The molecule has 7 atom stereocenters. The van der Waals surface area contributed by atoms with E-state index in [1.165, 1.54) is 186 Å². The molecule has 0 bridgehead atoms. The van der Waals surface area contributed by atoms with Crippen LogP contribution in [0.4, 0.5) is 0 Å². The Morgan fingerprint density at radius 1 is 0.514 bits per heavy atom. The van der Waals surface area contributed by atoms with Gasteiger partial charge in [0.2, 0.25) is 5.91 Å². The van der Waals surface area contributed by atoms with Crippen LogP contribution in [0.2, 0.25) is 0 Å². The van der Waals surface area contributed by atoms with Gasteiger partial charge in [0.15, 0.2) is 6.29 Å². The van der Waals surface area contributed by atoms with Crippen LogP contribution in [0.3, 0.4) is 0 Å². The molecule has 11 nitrogen and oxygen atoms in total. The van der Waals surface area contributed by atoms with Crippen molar-refractivity contribution in [2.75, 3.05) is 19.8 Å². The Labute approximate surface area is 429 Å². The number of unbranched alkanes of at least 4 members (excludes halogenated alkanes) is 35. The zero-order valence-corrected chi connectivity index (χ0v) is 45.2. The van der Waals surface area contributed by atoms with E-state index in [4.69, 9.17) is 14.2 Å². The minimum atomic E-state index is -1.57. The highest BCUT2D eigenvalue weighted by atomic mass is 16.7. The zero-order chi connectivity index (χ0) is 51.0. The normalized spacial score (nSPS) is 19.3. The Morgan fingerprint density at radius 3 is 1.37 bits per heavy atom. The molecule has 1 aliphatic heterocycles. The van der Waals surface area contributed by atoms with Crippen molar-refractivity contribution in [2.45, 2.75) is 320 Å². The molecule has 7 unspecified atom stereocenters. The van der Waals surface area contributed by atoms with Gasteiger partial charge in [-0.3, -0.25) is 9.59 Å². The van der Waals surface area contributed by atoms with Crippen LogP contribution in [0.25, 0.3) is 0 Å². The van der Waals surface area contributed by atoms with Crippen LogP contribution < -0.4 is 5.32 Å². The van der Waals surface area contributed by atoms with E-state index in [9.17, 15) is 35.1 Å². The molecule has 1 aliphatic rings. The molecule has 1 amide bonds. The van der Waals surface area contributed by atoms with Crippen LogP contribution in [0.5, 0.6) is 0 Å². The second-order valence-corrected chi connectivity index (χ2v) is 20.7. The molecule has 11 heteroatoms. The van der Waals surface area contributed by atoms with Gasteiger partial charge in [0.25, 0.3) is 0 Å². The first-order chi connectivity index (χ1) is 34.2. The molecular weight excluding hydrogens is 883 g/mol. The summed E-state index contributed by atoms with van der Waals surface area (Å²) in [5.41, 5.74) is 0. The molecule has 1 rings (SSSR count). The summed E-state index contributed by atoms with van der Waals surface area (Å²) in [5.74, 6) is -0.204. The van der Waals surface area contributed by atoms with Crippen LogP contribution >= 0.6 is 0 Å². The number of rotatable bonds is 51. The van der Waals surface area contributed by atoms with Gasteiger partial charge in [-0.1, -0.05) is 231 Å². The van der Waals surface area contributed by atoms with Crippen LogP contribution in [0, 0.1) is 0 Å². The van der Waals surface area contributed by atoms with Crippen molar-refractivity contribution in [3.8, 4) is 0 Å². The summed E-state index contributed by atoms with van der Waals surface area (Å²) in [7, 11) is 0. The fourth-order valence-electron chi connectivity index (χ4n) is 9.31. The Hall–Kier alpha value is -1.86. The van der Waals surface area contributed by atoms with E-state index in [-0.39, 0.29) is 18.5 Å². The first-order valence-corrected chi connectivity index (χ1v) is 29.6. The van der Waals surface area contributed by atoms with Gasteiger partial charge < -0.3 is 45.1 Å². The fraction of sp³-hybridized carbons (Fsp3) is 0.898. The van der Waals surface area contributed by atoms with E-state index < -0.39 is 49.5 Å². The SMILES string of the molecule is CCCCCCCC/C=C\CCCCCCCC(=O)OCCCCCCCCCCCCCCCCCCCCC(=O)NC(COC1OC(CO)C(O)C(O)C1O)C(O)/C=C/CCCCCCCCC. The van der Waals surface area contributed by atoms with Crippen molar-refractivity contribution >= 4 is 11.9 Å². The summed E-state index contributed by atoms with van der Waals surface area (Å²) < 4.78 is 16.7. The van der Waals surface area contributed by atoms with Gasteiger partial charge in [0.1, 0.15) is 24.4 Å². The average molecular weight is 995 g/mol. The smallest absolute Gasteiger partial charge is 0.305 e. The number of allylic oxidation sites excluding steroid dienone is 3. The molecular formula is C59H111NO10. The fourth-order valence-corrected chi connectivity index (χ4v) is 9.31. The largest absolute Gasteiger partial charge is 0.466 e. The van der Waals surface area contributed by atoms with E-state index in [0.29, 0.717) is 19.4 Å². The summed E-state index contributed by atoms with van der Waals surface area (Å²) in [6.45, 7) is 4.30. The predicted molar refractivity (Wildman–Crippen MR) is 288 cm³/mol. The van der Waals surface area contributed by atoms with Crippen LogP contribution in [-0.4, -0.2) is 100 Å². The highest BCUT2D eigenvalue weighted by Crippen LogP contribution is 2.23. The highest BCUT2D eigenvalue weighted by molar-refractivity contribution is 5.76. The summed E-state index contributed by atoms with van der Waals surface area (Å²) in [6, 6.07) is -0.811. The molecule has 0 aromatic rings. The van der Waals surface area contributed by atoms with E-state index in [0.717, 1.165) is 64.2 Å². The van der Waals surface area contributed by atoms with E-state index in [1.807, 2.05) is 6.08 Å². The second kappa shape index (κ2) is 49.4. The van der Waals surface area contributed by atoms with Gasteiger partial charge in [-0.05, 0) is 57.8 Å². The molecule has 0 saturated carbocycles. The number of hydrogen-bond acceptors (Lipinski definition) is 10. The third kappa shape index (κ3) is 38.7. The summed E-state index contributed by atoms with van der Waals surface area (Å²) in [5, 5.41) is 54.2. The lowest BCUT2D eigenvalue weighted by Gasteiger charge is -2.40. The first-order valence-electron chi connectivity index (χ1n) is 29.6. The maximum absolute atomic E-state index is 13.0. The lowest BCUT2D eigenvalue weighted by molar-refractivity contribution is -0.302. The van der Waals surface area contributed by atoms with Crippen molar-refractivity contribution in [1.29, 1.82) is 0 Å². The molecule has 1 saturated heterocycles. The van der Waals surface area contributed by atoms with Gasteiger partial charge >= 0.3 is 5.97 Å². The minimum Gasteiger partial charge on any atom is -0.466 e.